The summed E-state index contributed by atoms with van der Waals surface area (Å²) in [4.78, 5) is 14.5. The zero-order chi connectivity index (χ0) is 15.4. The molecule has 1 aromatic rings. The first-order chi connectivity index (χ1) is 10.0. The fourth-order valence-electron chi connectivity index (χ4n) is 2.88. The minimum absolute atomic E-state index is 0.0967. The number of hydrogen-bond donors (Lipinski definition) is 1. The van der Waals surface area contributed by atoms with E-state index >= 15 is 0 Å². The van der Waals surface area contributed by atoms with Crippen LogP contribution in [-0.2, 0) is 0 Å². The number of amides is 1. The molecule has 112 valence electrons. The van der Waals surface area contributed by atoms with Crippen LogP contribution in [0, 0.1) is 17.7 Å². The zero-order valence-corrected chi connectivity index (χ0v) is 12.5. The van der Waals surface area contributed by atoms with Gasteiger partial charge in [0.1, 0.15) is 5.82 Å². The summed E-state index contributed by atoms with van der Waals surface area (Å²) in [6.07, 6.45) is 3.03. The molecule has 1 aliphatic heterocycles. The highest BCUT2D eigenvalue weighted by atomic mass is 19.1. The fraction of sp³-hybridized carbons (Fsp3) is 0.471. The molecular formula is C17H21FN2O. The number of carbonyl (C=O) groups is 1. The van der Waals surface area contributed by atoms with Gasteiger partial charge in [-0.25, -0.2) is 4.39 Å². The molecule has 2 atom stereocenters. The van der Waals surface area contributed by atoms with Gasteiger partial charge in [0.25, 0.3) is 5.91 Å². The molecule has 4 heteroatoms. The van der Waals surface area contributed by atoms with Gasteiger partial charge in [-0.2, -0.15) is 0 Å². The lowest BCUT2D eigenvalue weighted by molar-refractivity contribution is 0.0506. The third kappa shape index (κ3) is 3.43. The Labute approximate surface area is 125 Å². The molecule has 1 amide bonds. The van der Waals surface area contributed by atoms with Crippen LogP contribution in [0.15, 0.2) is 18.2 Å². The molecule has 1 aliphatic rings. The number of hydrogen-bond acceptors (Lipinski definition) is 2. The van der Waals surface area contributed by atoms with Crippen molar-refractivity contribution in [2.24, 2.45) is 5.73 Å². The summed E-state index contributed by atoms with van der Waals surface area (Å²) in [5.41, 5.74) is 6.04. The van der Waals surface area contributed by atoms with E-state index in [1.807, 2.05) is 13.8 Å². The number of likely N-dealkylation sites (tertiary alicyclic amines) is 1. The van der Waals surface area contributed by atoms with Crippen molar-refractivity contribution in [3.63, 3.8) is 0 Å². The van der Waals surface area contributed by atoms with Gasteiger partial charge in [-0.15, -0.1) is 0 Å². The number of carbonyl (C=O) groups excluding carboxylic acids is 1. The van der Waals surface area contributed by atoms with Crippen LogP contribution in [-0.4, -0.2) is 29.4 Å². The van der Waals surface area contributed by atoms with Crippen LogP contribution in [0.25, 0.3) is 0 Å². The third-order valence-corrected chi connectivity index (χ3v) is 3.96. The molecule has 2 rings (SSSR count). The minimum Gasteiger partial charge on any atom is -0.333 e. The second kappa shape index (κ2) is 6.73. The molecule has 1 heterocycles. The van der Waals surface area contributed by atoms with Gasteiger partial charge in [-0.05, 0) is 51.3 Å². The molecule has 3 nitrogen and oxygen atoms in total. The van der Waals surface area contributed by atoms with E-state index in [0.717, 1.165) is 19.3 Å². The average Bonchev–Trinajstić information content (AvgIpc) is 2.46. The lowest BCUT2D eigenvalue weighted by Gasteiger charge is -2.39. The lowest BCUT2D eigenvalue weighted by atomic mass is 9.96. The van der Waals surface area contributed by atoms with E-state index in [0.29, 0.717) is 5.56 Å². The van der Waals surface area contributed by atoms with Crippen molar-refractivity contribution in [3.05, 3.63) is 35.1 Å². The predicted octanol–water partition coefficient (Wildman–Crippen LogP) is 2.54. The number of piperidine rings is 1. The summed E-state index contributed by atoms with van der Waals surface area (Å²) in [6.45, 7) is 4.27. The Morgan fingerprint density at radius 3 is 2.67 bits per heavy atom. The van der Waals surface area contributed by atoms with Gasteiger partial charge < -0.3 is 10.6 Å². The second-order valence-electron chi connectivity index (χ2n) is 5.54. The first kappa shape index (κ1) is 15.5. The number of rotatable bonds is 1. The van der Waals surface area contributed by atoms with Gasteiger partial charge in [0.2, 0.25) is 0 Å². The molecule has 0 spiro atoms. The topological polar surface area (TPSA) is 46.3 Å². The highest BCUT2D eigenvalue weighted by molar-refractivity contribution is 5.95. The molecule has 1 fully saturated rings. The maximum Gasteiger partial charge on any atom is 0.257 e. The van der Waals surface area contributed by atoms with Crippen molar-refractivity contribution < 1.29 is 9.18 Å². The number of benzene rings is 1. The highest BCUT2D eigenvalue weighted by Gasteiger charge is 2.30. The number of nitrogens with zero attached hydrogens (tertiary/aromatic N) is 1. The molecule has 0 radical (unpaired) electrons. The van der Waals surface area contributed by atoms with E-state index in [1.54, 1.807) is 11.0 Å². The van der Waals surface area contributed by atoms with Gasteiger partial charge in [0.15, 0.2) is 0 Å². The molecule has 0 unspecified atom stereocenters. The molecule has 0 aromatic heterocycles. The lowest BCUT2D eigenvalue weighted by Crippen LogP contribution is -2.47. The minimum atomic E-state index is -0.497. The molecular weight excluding hydrogens is 267 g/mol. The summed E-state index contributed by atoms with van der Waals surface area (Å²) >= 11 is 0. The Bertz CT molecular complexity index is 578. The summed E-state index contributed by atoms with van der Waals surface area (Å²) in [5, 5.41) is 0. The zero-order valence-electron chi connectivity index (χ0n) is 12.5. The molecule has 1 saturated heterocycles. The van der Waals surface area contributed by atoms with E-state index in [4.69, 9.17) is 5.73 Å². The third-order valence-electron chi connectivity index (χ3n) is 3.96. The average molecular weight is 288 g/mol. The van der Waals surface area contributed by atoms with Crippen molar-refractivity contribution in [2.75, 3.05) is 6.54 Å². The predicted molar refractivity (Wildman–Crippen MR) is 81.3 cm³/mol. The Kier molecular flexibility index (Phi) is 4.98. The van der Waals surface area contributed by atoms with Crippen molar-refractivity contribution in [3.8, 4) is 11.8 Å². The van der Waals surface area contributed by atoms with E-state index in [1.165, 1.54) is 12.1 Å². The van der Waals surface area contributed by atoms with Gasteiger partial charge >= 0.3 is 0 Å². The van der Waals surface area contributed by atoms with Crippen molar-refractivity contribution in [2.45, 2.75) is 45.2 Å². The van der Waals surface area contributed by atoms with Gasteiger partial charge in [-0.1, -0.05) is 11.8 Å². The summed E-state index contributed by atoms with van der Waals surface area (Å²) < 4.78 is 14.0. The van der Waals surface area contributed by atoms with Crippen molar-refractivity contribution in [1.82, 2.24) is 4.90 Å². The smallest absolute Gasteiger partial charge is 0.257 e. The van der Waals surface area contributed by atoms with Crippen LogP contribution < -0.4 is 5.73 Å². The normalized spacial score (nSPS) is 21.6. The SMILES string of the molecule is C[C@@H]1CCC[C@H](C)N1C(=O)c1cc(C#CCN)ccc1F. The van der Waals surface area contributed by atoms with E-state index in [-0.39, 0.29) is 30.1 Å². The molecule has 0 bridgehead atoms. The maximum atomic E-state index is 14.0. The molecule has 21 heavy (non-hydrogen) atoms. The summed E-state index contributed by atoms with van der Waals surface area (Å²) in [7, 11) is 0. The van der Waals surface area contributed by atoms with Crippen LogP contribution in [0.4, 0.5) is 4.39 Å². The van der Waals surface area contributed by atoms with Crippen LogP contribution in [0.5, 0.6) is 0 Å². The van der Waals surface area contributed by atoms with Crippen molar-refractivity contribution >= 4 is 5.91 Å². The molecule has 1 aromatic carbocycles. The Hall–Kier alpha value is -1.86. The summed E-state index contributed by atoms with van der Waals surface area (Å²) in [6, 6.07) is 4.66. The van der Waals surface area contributed by atoms with Crippen LogP contribution in [0.2, 0.25) is 0 Å². The Balaban J connectivity index is 2.33. The Morgan fingerprint density at radius 2 is 2.05 bits per heavy atom. The van der Waals surface area contributed by atoms with Gasteiger partial charge in [-0.3, -0.25) is 4.79 Å². The fourth-order valence-corrected chi connectivity index (χ4v) is 2.88. The molecule has 2 N–H and O–H groups in total. The van der Waals surface area contributed by atoms with E-state index in [9.17, 15) is 9.18 Å². The second-order valence-corrected chi connectivity index (χ2v) is 5.54. The van der Waals surface area contributed by atoms with Gasteiger partial charge in [0.05, 0.1) is 12.1 Å². The first-order valence-electron chi connectivity index (χ1n) is 7.35. The highest BCUT2D eigenvalue weighted by Crippen LogP contribution is 2.25. The van der Waals surface area contributed by atoms with Gasteiger partial charge in [0, 0.05) is 17.6 Å². The number of nitrogens with two attached hydrogens (primary N) is 1. The van der Waals surface area contributed by atoms with Crippen molar-refractivity contribution in [1.29, 1.82) is 0 Å². The monoisotopic (exact) mass is 288 g/mol. The summed E-state index contributed by atoms with van der Waals surface area (Å²) in [5.74, 6) is 4.81. The molecule has 0 aliphatic carbocycles. The largest absolute Gasteiger partial charge is 0.333 e. The maximum absolute atomic E-state index is 14.0. The van der Waals surface area contributed by atoms with Crippen LogP contribution in [0.1, 0.15) is 49.0 Å². The van der Waals surface area contributed by atoms with E-state index in [2.05, 4.69) is 11.8 Å². The standard InChI is InChI=1S/C17H21FN2O/c1-12-5-3-6-13(2)20(12)17(21)15-11-14(7-4-10-19)8-9-16(15)18/h8-9,11-13H,3,5-6,10,19H2,1-2H3/t12-,13+. The first-order valence-corrected chi connectivity index (χ1v) is 7.35. The van der Waals surface area contributed by atoms with Crippen LogP contribution in [0.3, 0.4) is 0 Å². The molecule has 0 saturated carbocycles. The van der Waals surface area contributed by atoms with E-state index < -0.39 is 5.82 Å². The van der Waals surface area contributed by atoms with Crippen LogP contribution >= 0.6 is 0 Å². The number of halogens is 1. The quantitative estimate of drug-likeness (QED) is 0.807. The Morgan fingerprint density at radius 1 is 1.38 bits per heavy atom.